The van der Waals surface area contributed by atoms with Crippen molar-refractivity contribution in [2.45, 2.75) is 52.5 Å². The van der Waals surface area contributed by atoms with Crippen LogP contribution in [-0.4, -0.2) is 11.9 Å². The van der Waals surface area contributed by atoms with E-state index in [1.54, 1.807) is 0 Å². The summed E-state index contributed by atoms with van der Waals surface area (Å²) in [6.07, 6.45) is 3.56. The lowest BCUT2D eigenvalue weighted by Crippen LogP contribution is -2.37. The highest BCUT2D eigenvalue weighted by Gasteiger charge is 2.50. The maximum Gasteiger partial charge on any atom is 0.240 e. The molecule has 0 aromatic rings. The molecule has 1 N–H and O–H groups in total. The predicted octanol–water partition coefficient (Wildman–Crippen LogP) is 2.23. The lowest BCUT2D eigenvalue weighted by molar-refractivity contribution is -0.125. The van der Waals surface area contributed by atoms with Gasteiger partial charge < -0.3 is 5.32 Å². The van der Waals surface area contributed by atoms with E-state index in [9.17, 15) is 4.79 Å². The zero-order valence-electron chi connectivity index (χ0n) is 9.84. The van der Waals surface area contributed by atoms with Gasteiger partial charge in [0.2, 0.25) is 5.91 Å². The Hall–Kier alpha value is -1.04. The fourth-order valence-corrected chi connectivity index (χ4v) is 1.53. The molecule has 1 saturated carbocycles. The Kier molecular flexibility index (Phi) is 3.73. The van der Waals surface area contributed by atoms with Crippen LogP contribution < -0.4 is 5.32 Å². The molecule has 0 heterocycles. The molecular formula is C12H20N2O. The second-order valence-corrected chi connectivity index (χ2v) is 5.04. The summed E-state index contributed by atoms with van der Waals surface area (Å²) < 4.78 is 0. The maximum atomic E-state index is 11.7. The summed E-state index contributed by atoms with van der Waals surface area (Å²) in [5.41, 5.74) is -0.675. The van der Waals surface area contributed by atoms with E-state index in [1.165, 1.54) is 0 Å². The molecule has 1 atom stereocenters. The molecule has 0 aromatic heterocycles. The van der Waals surface area contributed by atoms with E-state index >= 15 is 0 Å². The minimum absolute atomic E-state index is 0.0683. The molecule has 1 fully saturated rings. The van der Waals surface area contributed by atoms with Crippen molar-refractivity contribution in [3.05, 3.63) is 0 Å². The van der Waals surface area contributed by atoms with E-state index in [2.05, 4.69) is 25.2 Å². The quantitative estimate of drug-likeness (QED) is 0.753. The standard InChI is InChI=1S/C12H20N2O/c1-9(2)4-5-10(3)14-11(15)12(8-13)6-7-12/h9-10H,4-7H2,1-3H3,(H,14,15). The van der Waals surface area contributed by atoms with Gasteiger partial charge in [0.1, 0.15) is 5.41 Å². The number of amides is 1. The molecule has 3 heteroatoms. The van der Waals surface area contributed by atoms with Gasteiger partial charge in [0, 0.05) is 6.04 Å². The summed E-state index contributed by atoms with van der Waals surface area (Å²) >= 11 is 0. The summed E-state index contributed by atoms with van der Waals surface area (Å²) in [7, 11) is 0. The van der Waals surface area contributed by atoms with Crippen LogP contribution in [0.2, 0.25) is 0 Å². The molecule has 0 aliphatic heterocycles. The fraction of sp³-hybridized carbons (Fsp3) is 0.833. The third-order valence-electron chi connectivity index (χ3n) is 2.95. The zero-order chi connectivity index (χ0) is 11.5. The summed E-state index contributed by atoms with van der Waals surface area (Å²) in [6, 6.07) is 2.30. The minimum Gasteiger partial charge on any atom is -0.352 e. The second-order valence-electron chi connectivity index (χ2n) is 5.04. The molecule has 0 aromatic carbocycles. The van der Waals surface area contributed by atoms with Crippen LogP contribution in [0.1, 0.15) is 46.5 Å². The number of carbonyl (C=O) groups excluding carboxylic acids is 1. The van der Waals surface area contributed by atoms with Crippen LogP contribution in [0.4, 0.5) is 0 Å². The number of rotatable bonds is 5. The first-order valence-corrected chi connectivity index (χ1v) is 5.72. The van der Waals surface area contributed by atoms with Crippen molar-refractivity contribution >= 4 is 5.91 Å². The predicted molar refractivity (Wildman–Crippen MR) is 59.0 cm³/mol. The SMILES string of the molecule is CC(C)CCC(C)NC(=O)C1(C#N)CC1. The van der Waals surface area contributed by atoms with Crippen molar-refractivity contribution in [2.24, 2.45) is 11.3 Å². The molecular weight excluding hydrogens is 188 g/mol. The van der Waals surface area contributed by atoms with Crippen LogP contribution in [0.5, 0.6) is 0 Å². The van der Waals surface area contributed by atoms with Crippen LogP contribution >= 0.6 is 0 Å². The van der Waals surface area contributed by atoms with Crippen molar-refractivity contribution in [3.8, 4) is 6.07 Å². The van der Waals surface area contributed by atoms with Crippen molar-refractivity contribution in [1.29, 1.82) is 5.26 Å². The first-order chi connectivity index (χ1) is 7.00. The van der Waals surface area contributed by atoms with Crippen LogP contribution in [0.15, 0.2) is 0 Å². The lowest BCUT2D eigenvalue weighted by Gasteiger charge is -2.16. The van der Waals surface area contributed by atoms with E-state index < -0.39 is 5.41 Å². The largest absolute Gasteiger partial charge is 0.352 e. The van der Waals surface area contributed by atoms with Gasteiger partial charge in [-0.15, -0.1) is 0 Å². The zero-order valence-corrected chi connectivity index (χ0v) is 9.84. The fourth-order valence-electron chi connectivity index (χ4n) is 1.53. The highest BCUT2D eigenvalue weighted by molar-refractivity contribution is 5.88. The van der Waals surface area contributed by atoms with Gasteiger partial charge >= 0.3 is 0 Å². The van der Waals surface area contributed by atoms with Gasteiger partial charge in [-0.2, -0.15) is 5.26 Å². The summed E-state index contributed by atoms with van der Waals surface area (Å²) in [4.78, 5) is 11.7. The topological polar surface area (TPSA) is 52.9 Å². The molecule has 1 amide bonds. The second kappa shape index (κ2) is 4.65. The molecule has 3 nitrogen and oxygen atoms in total. The Morgan fingerprint density at radius 3 is 2.40 bits per heavy atom. The molecule has 0 radical (unpaired) electrons. The van der Waals surface area contributed by atoms with E-state index in [-0.39, 0.29) is 11.9 Å². The summed E-state index contributed by atoms with van der Waals surface area (Å²) in [6.45, 7) is 6.35. The summed E-state index contributed by atoms with van der Waals surface area (Å²) in [5.74, 6) is 0.594. The molecule has 1 rings (SSSR count). The van der Waals surface area contributed by atoms with Gasteiger partial charge in [0.05, 0.1) is 6.07 Å². The third-order valence-corrected chi connectivity index (χ3v) is 2.95. The minimum atomic E-state index is -0.675. The van der Waals surface area contributed by atoms with Gasteiger partial charge in [0.25, 0.3) is 0 Å². The van der Waals surface area contributed by atoms with E-state index in [1.807, 2.05) is 6.92 Å². The Morgan fingerprint density at radius 2 is 2.00 bits per heavy atom. The number of carbonyl (C=O) groups is 1. The van der Waals surface area contributed by atoms with Crippen molar-refractivity contribution in [3.63, 3.8) is 0 Å². The van der Waals surface area contributed by atoms with Gasteiger partial charge in [-0.1, -0.05) is 13.8 Å². The van der Waals surface area contributed by atoms with Gasteiger partial charge in [-0.05, 0) is 38.5 Å². The van der Waals surface area contributed by atoms with Crippen molar-refractivity contribution in [1.82, 2.24) is 5.32 Å². The average Bonchev–Trinajstić information content (AvgIpc) is 2.95. The average molecular weight is 208 g/mol. The van der Waals surface area contributed by atoms with Gasteiger partial charge in [0.15, 0.2) is 0 Å². The van der Waals surface area contributed by atoms with Crippen LogP contribution in [0.25, 0.3) is 0 Å². The summed E-state index contributed by atoms with van der Waals surface area (Å²) in [5, 5.41) is 11.8. The Balaban J connectivity index is 2.30. The molecule has 0 saturated heterocycles. The van der Waals surface area contributed by atoms with Crippen molar-refractivity contribution in [2.75, 3.05) is 0 Å². The van der Waals surface area contributed by atoms with Crippen LogP contribution in [0.3, 0.4) is 0 Å². The maximum absolute atomic E-state index is 11.7. The molecule has 0 bridgehead atoms. The Morgan fingerprint density at radius 1 is 1.40 bits per heavy atom. The molecule has 1 aliphatic carbocycles. The van der Waals surface area contributed by atoms with E-state index in [0.29, 0.717) is 5.92 Å². The highest BCUT2D eigenvalue weighted by Crippen LogP contribution is 2.45. The van der Waals surface area contributed by atoms with Gasteiger partial charge in [-0.3, -0.25) is 4.79 Å². The number of nitrogens with one attached hydrogen (secondary N) is 1. The molecule has 0 spiro atoms. The highest BCUT2D eigenvalue weighted by atomic mass is 16.2. The molecule has 1 unspecified atom stereocenters. The molecule has 15 heavy (non-hydrogen) atoms. The number of hydrogen-bond donors (Lipinski definition) is 1. The lowest BCUT2D eigenvalue weighted by atomic mass is 10.0. The monoisotopic (exact) mass is 208 g/mol. The van der Waals surface area contributed by atoms with Gasteiger partial charge in [-0.25, -0.2) is 0 Å². The number of hydrogen-bond acceptors (Lipinski definition) is 2. The van der Waals surface area contributed by atoms with Crippen molar-refractivity contribution < 1.29 is 4.79 Å². The number of nitriles is 1. The third kappa shape index (κ3) is 3.23. The molecule has 84 valence electrons. The Bertz CT molecular complexity index is 274. The smallest absolute Gasteiger partial charge is 0.240 e. The Labute approximate surface area is 91.9 Å². The van der Waals surface area contributed by atoms with Crippen LogP contribution in [0, 0.1) is 22.7 Å². The molecule has 1 aliphatic rings. The first kappa shape index (κ1) is 12.0. The van der Waals surface area contributed by atoms with E-state index in [4.69, 9.17) is 5.26 Å². The normalized spacial score (nSPS) is 19.4. The van der Waals surface area contributed by atoms with E-state index in [0.717, 1.165) is 25.7 Å². The first-order valence-electron chi connectivity index (χ1n) is 5.72. The van der Waals surface area contributed by atoms with Crippen LogP contribution in [-0.2, 0) is 4.79 Å². The number of nitrogens with zero attached hydrogens (tertiary/aromatic N) is 1.